The van der Waals surface area contributed by atoms with Gasteiger partial charge >= 0.3 is 0 Å². The van der Waals surface area contributed by atoms with Crippen LogP contribution in [-0.2, 0) is 4.79 Å². The van der Waals surface area contributed by atoms with Gasteiger partial charge in [0.25, 0.3) is 0 Å². The van der Waals surface area contributed by atoms with Crippen LogP contribution < -0.4 is 10.2 Å². The van der Waals surface area contributed by atoms with E-state index in [4.69, 9.17) is 11.6 Å². The average molecular weight is 348 g/mol. The number of carbonyl (C=O) groups is 1. The minimum absolute atomic E-state index is 0.0126. The molecule has 1 saturated heterocycles. The number of amides is 1. The summed E-state index contributed by atoms with van der Waals surface area (Å²) >= 11 is 5.94. The molecule has 128 valence electrons. The summed E-state index contributed by atoms with van der Waals surface area (Å²) in [5, 5.41) is 10.8. The molecule has 1 amide bonds. The normalized spacial score (nSPS) is 15.5. The van der Waals surface area contributed by atoms with Gasteiger partial charge in [0.2, 0.25) is 5.91 Å². The highest BCUT2D eigenvalue weighted by molar-refractivity contribution is 6.30. The maximum absolute atomic E-state index is 12.2. The molecule has 0 spiro atoms. The molecule has 2 N–H and O–H groups in total. The Morgan fingerprint density at radius 2 is 2.04 bits per heavy atom. The molecule has 6 nitrogen and oxygen atoms in total. The van der Waals surface area contributed by atoms with Crippen molar-refractivity contribution in [3.05, 3.63) is 40.7 Å². The van der Waals surface area contributed by atoms with Gasteiger partial charge in [-0.1, -0.05) is 17.7 Å². The van der Waals surface area contributed by atoms with E-state index in [0.29, 0.717) is 11.6 Å². The summed E-state index contributed by atoms with van der Waals surface area (Å²) < 4.78 is 0. The van der Waals surface area contributed by atoms with Crippen LogP contribution in [0.15, 0.2) is 24.3 Å². The van der Waals surface area contributed by atoms with Crippen molar-refractivity contribution in [1.29, 1.82) is 0 Å². The summed E-state index contributed by atoms with van der Waals surface area (Å²) in [5.74, 6) is -0.0126. The highest BCUT2D eigenvalue weighted by atomic mass is 35.5. The van der Waals surface area contributed by atoms with E-state index in [1.165, 1.54) is 5.69 Å². The topological polar surface area (TPSA) is 64.3 Å². The largest absolute Gasteiger partial charge is 0.366 e. The number of halogens is 1. The van der Waals surface area contributed by atoms with Gasteiger partial charge in [-0.05, 0) is 32.0 Å². The van der Waals surface area contributed by atoms with Gasteiger partial charge in [-0.3, -0.25) is 14.8 Å². The highest BCUT2D eigenvalue weighted by Gasteiger charge is 2.22. The smallest absolute Gasteiger partial charge is 0.238 e. The van der Waals surface area contributed by atoms with Crippen molar-refractivity contribution in [1.82, 2.24) is 15.1 Å². The molecule has 0 radical (unpaired) electrons. The van der Waals surface area contributed by atoms with Crippen molar-refractivity contribution in [3.8, 4) is 0 Å². The number of aromatic amines is 1. The van der Waals surface area contributed by atoms with Gasteiger partial charge in [-0.15, -0.1) is 0 Å². The number of hydrogen-bond donors (Lipinski definition) is 2. The van der Waals surface area contributed by atoms with Crippen molar-refractivity contribution in [3.63, 3.8) is 0 Å². The Kier molecular flexibility index (Phi) is 5.06. The van der Waals surface area contributed by atoms with Gasteiger partial charge in [0.05, 0.1) is 23.6 Å². The van der Waals surface area contributed by atoms with Crippen molar-refractivity contribution in [2.24, 2.45) is 0 Å². The van der Waals surface area contributed by atoms with Gasteiger partial charge in [0.1, 0.15) is 0 Å². The SMILES string of the molecule is Cc1n[nH]c(C)c1N1CCN(CC(=O)Nc2cccc(Cl)c2)CC1. The standard InChI is InChI=1S/C17H22ClN5O/c1-12-17(13(2)21-20-12)23-8-6-22(7-9-23)11-16(24)19-15-5-3-4-14(18)10-15/h3-5,10H,6-9,11H2,1-2H3,(H,19,24)(H,20,21). The number of nitrogens with zero attached hydrogens (tertiary/aromatic N) is 3. The van der Waals surface area contributed by atoms with E-state index in [1.54, 1.807) is 12.1 Å². The summed E-state index contributed by atoms with van der Waals surface area (Å²) in [5.41, 5.74) is 4.05. The van der Waals surface area contributed by atoms with Crippen LogP contribution in [0.4, 0.5) is 11.4 Å². The number of aryl methyl sites for hydroxylation is 2. The molecule has 2 aromatic rings. The molecule has 1 fully saturated rings. The molecular formula is C17H22ClN5O. The van der Waals surface area contributed by atoms with Crippen molar-refractivity contribution in [2.45, 2.75) is 13.8 Å². The Morgan fingerprint density at radius 1 is 1.29 bits per heavy atom. The van der Waals surface area contributed by atoms with E-state index in [1.807, 2.05) is 26.0 Å². The fourth-order valence-electron chi connectivity index (χ4n) is 3.11. The lowest BCUT2D eigenvalue weighted by Gasteiger charge is -2.35. The monoisotopic (exact) mass is 347 g/mol. The number of anilines is 2. The molecule has 1 aromatic carbocycles. The molecule has 1 aromatic heterocycles. The molecule has 0 atom stereocenters. The predicted octanol–water partition coefficient (Wildman–Crippen LogP) is 2.44. The maximum atomic E-state index is 12.2. The van der Waals surface area contributed by atoms with Crippen molar-refractivity contribution >= 4 is 28.9 Å². The molecule has 1 aliphatic heterocycles. The number of piperazine rings is 1. The predicted molar refractivity (Wildman–Crippen MR) is 96.8 cm³/mol. The van der Waals surface area contributed by atoms with E-state index in [0.717, 1.165) is 43.3 Å². The first-order valence-corrected chi connectivity index (χ1v) is 8.45. The summed E-state index contributed by atoms with van der Waals surface area (Å²) in [6.45, 7) is 7.95. The number of nitrogens with one attached hydrogen (secondary N) is 2. The molecule has 0 aliphatic carbocycles. The molecule has 2 heterocycles. The van der Waals surface area contributed by atoms with Crippen molar-refractivity contribution < 1.29 is 4.79 Å². The van der Waals surface area contributed by atoms with E-state index in [9.17, 15) is 4.79 Å². The number of rotatable bonds is 4. The van der Waals surface area contributed by atoms with Crippen LogP contribution in [0.2, 0.25) is 5.02 Å². The first-order chi connectivity index (χ1) is 11.5. The second-order valence-electron chi connectivity index (χ2n) is 6.10. The van der Waals surface area contributed by atoms with Crippen LogP contribution >= 0.6 is 11.6 Å². The van der Waals surface area contributed by atoms with E-state index in [2.05, 4.69) is 25.3 Å². The Balaban J connectivity index is 1.51. The fraction of sp³-hybridized carbons (Fsp3) is 0.412. The van der Waals surface area contributed by atoms with Gasteiger partial charge in [0, 0.05) is 36.9 Å². The molecule has 0 saturated carbocycles. The first-order valence-electron chi connectivity index (χ1n) is 8.07. The van der Waals surface area contributed by atoms with Gasteiger partial charge in [-0.2, -0.15) is 5.10 Å². The summed E-state index contributed by atoms with van der Waals surface area (Å²) in [7, 11) is 0. The molecule has 24 heavy (non-hydrogen) atoms. The van der Waals surface area contributed by atoms with Crippen LogP contribution in [0.1, 0.15) is 11.4 Å². The van der Waals surface area contributed by atoms with Crippen LogP contribution in [0.25, 0.3) is 0 Å². The average Bonchev–Trinajstić information content (AvgIpc) is 2.87. The number of H-pyrrole nitrogens is 1. The van der Waals surface area contributed by atoms with Crippen LogP contribution in [0, 0.1) is 13.8 Å². The Labute approximate surface area is 146 Å². The van der Waals surface area contributed by atoms with E-state index >= 15 is 0 Å². The lowest BCUT2D eigenvalue weighted by Crippen LogP contribution is -2.49. The molecular weight excluding hydrogens is 326 g/mol. The third-order valence-corrected chi connectivity index (χ3v) is 4.49. The highest BCUT2D eigenvalue weighted by Crippen LogP contribution is 2.23. The van der Waals surface area contributed by atoms with Crippen molar-refractivity contribution in [2.75, 3.05) is 42.9 Å². The second kappa shape index (κ2) is 7.23. The van der Waals surface area contributed by atoms with Gasteiger partial charge in [0.15, 0.2) is 0 Å². The van der Waals surface area contributed by atoms with Crippen LogP contribution in [-0.4, -0.2) is 53.7 Å². The first kappa shape index (κ1) is 16.8. The molecule has 0 unspecified atom stereocenters. The number of carbonyl (C=O) groups excluding carboxylic acids is 1. The third-order valence-electron chi connectivity index (χ3n) is 4.25. The zero-order valence-corrected chi connectivity index (χ0v) is 14.7. The molecule has 3 rings (SSSR count). The zero-order chi connectivity index (χ0) is 17.1. The summed E-state index contributed by atoms with van der Waals surface area (Å²) in [4.78, 5) is 16.7. The van der Waals surface area contributed by atoms with E-state index in [-0.39, 0.29) is 5.91 Å². The minimum Gasteiger partial charge on any atom is -0.366 e. The van der Waals surface area contributed by atoms with Gasteiger partial charge < -0.3 is 10.2 Å². The Morgan fingerprint density at radius 3 is 2.67 bits per heavy atom. The summed E-state index contributed by atoms with van der Waals surface area (Å²) in [6.07, 6.45) is 0. The van der Waals surface area contributed by atoms with Crippen LogP contribution in [0.3, 0.4) is 0 Å². The lowest BCUT2D eigenvalue weighted by atomic mass is 10.2. The third kappa shape index (κ3) is 3.88. The Hall–Kier alpha value is -2.05. The Bertz CT molecular complexity index is 702. The maximum Gasteiger partial charge on any atom is 0.238 e. The molecule has 1 aliphatic rings. The quantitative estimate of drug-likeness (QED) is 0.891. The molecule has 0 bridgehead atoms. The number of aromatic nitrogens is 2. The second-order valence-corrected chi connectivity index (χ2v) is 6.54. The number of hydrogen-bond acceptors (Lipinski definition) is 4. The summed E-state index contributed by atoms with van der Waals surface area (Å²) in [6, 6.07) is 7.20. The zero-order valence-electron chi connectivity index (χ0n) is 14.0. The lowest BCUT2D eigenvalue weighted by molar-refractivity contribution is -0.117. The molecule has 7 heteroatoms. The van der Waals surface area contributed by atoms with Crippen LogP contribution in [0.5, 0.6) is 0 Å². The van der Waals surface area contributed by atoms with Gasteiger partial charge in [-0.25, -0.2) is 0 Å². The number of benzene rings is 1. The fourth-order valence-corrected chi connectivity index (χ4v) is 3.30. The van der Waals surface area contributed by atoms with E-state index < -0.39 is 0 Å². The minimum atomic E-state index is -0.0126.